The van der Waals surface area contributed by atoms with Gasteiger partial charge in [0, 0.05) is 12.6 Å². The second-order valence-corrected chi connectivity index (χ2v) is 2.59. The molecule has 0 radical (unpaired) electrons. The van der Waals surface area contributed by atoms with Gasteiger partial charge in [0.25, 0.3) is 0 Å². The van der Waals surface area contributed by atoms with Crippen LogP contribution in [0.25, 0.3) is 0 Å². The van der Waals surface area contributed by atoms with Gasteiger partial charge in [0.05, 0.1) is 13.3 Å². The van der Waals surface area contributed by atoms with Crippen LogP contribution in [0.3, 0.4) is 0 Å². The van der Waals surface area contributed by atoms with E-state index in [9.17, 15) is 0 Å². The maximum atomic E-state index is 5.19. The summed E-state index contributed by atoms with van der Waals surface area (Å²) in [5, 5.41) is 3.15. The van der Waals surface area contributed by atoms with Crippen molar-refractivity contribution in [3.63, 3.8) is 0 Å². The first-order valence-electron chi connectivity index (χ1n) is 3.25. The SMILES string of the molecule is CN(C)C1CNCOC1. The van der Waals surface area contributed by atoms with Gasteiger partial charge in [-0.2, -0.15) is 0 Å². The number of rotatable bonds is 1. The molecule has 1 N–H and O–H groups in total. The largest absolute Gasteiger partial charge is 0.365 e. The van der Waals surface area contributed by atoms with Crippen molar-refractivity contribution >= 4 is 0 Å². The predicted molar refractivity (Wildman–Crippen MR) is 36.3 cm³/mol. The maximum Gasteiger partial charge on any atom is 0.0966 e. The standard InChI is InChI=1S/C6H14N2O/c1-8(2)6-3-7-5-9-4-6/h6-7H,3-5H2,1-2H3. The molecule has 1 heterocycles. The Bertz CT molecular complexity index is 79.1. The number of hydrogen-bond acceptors (Lipinski definition) is 3. The van der Waals surface area contributed by atoms with Crippen LogP contribution in [0.15, 0.2) is 0 Å². The molecule has 1 fully saturated rings. The summed E-state index contributed by atoms with van der Waals surface area (Å²) in [5.41, 5.74) is 0. The number of ether oxygens (including phenoxy) is 1. The van der Waals surface area contributed by atoms with E-state index in [0.717, 1.165) is 13.2 Å². The minimum Gasteiger partial charge on any atom is -0.365 e. The van der Waals surface area contributed by atoms with Gasteiger partial charge < -0.3 is 9.64 Å². The molecule has 1 aliphatic rings. The molecule has 3 nitrogen and oxygen atoms in total. The molecule has 0 aromatic heterocycles. The molecule has 54 valence electrons. The van der Waals surface area contributed by atoms with E-state index < -0.39 is 0 Å². The molecule has 1 unspecified atom stereocenters. The average molecular weight is 130 g/mol. The Morgan fingerprint density at radius 1 is 1.56 bits per heavy atom. The Labute approximate surface area is 56.0 Å². The molecule has 0 bridgehead atoms. The summed E-state index contributed by atoms with van der Waals surface area (Å²) in [4.78, 5) is 2.17. The van der Waals surface area contributed by atoms with Gasteiger partial charge in [0.1, 0.15) is 0 Å². The van der Waals surface area contributed by atoms with Gasteiger partial charge >= 0.3 is 0 Å². The third-order valence-corrected chi connectivity index (χ3v) is 1.62. The minimum atomic E-state index is 0.554. The van der Waals surface area contributed by atoms with Crippen LogP contribution in [0, 0.1) is 0 Å². The van der Waals surface area contributed by atoms with Crippen LogP contribution in [0.2, 0.25) is 0 Å². The van der Waals surface area contributed by atoms with E-state index in [2.05, 4.69) is 24.3 Å². The third-order valence-electron chi connectivity index (χ3n) is 1.62. The lowest BCUT2D eigenvalue weighted by Crippen LogP contribution is -2.46. The van der Waals surface area contributed by atoms with E-state index in [4.69, 9.17) is 4.74 Å². The Kier molecular flexibility index (Phi) is 2.45. The van der Waals surface area contributed by atoms with E-state index >= 15 is 0 Å². The fraction of sp³-hybridized carbons (Fsp3) is 1.00. The molecule has 1 rings (SSSR count). The van der Waals surface area contributed by atoms with Crippen molar-refractivity contribution in [2.45, 2.75) is 6.04 Å². The van der Waals surface area contributed by atoms with Gasteiger partial charge in [-0.3, -0.25) is 5.32 Å². The normalized spacial score (nSPS) is 29.0. The van der Waals surface area contributed by atoms with E-state index in [1.165, 1.54) is 0 Å². The molecule has 1 aliphatic heterocycles. The zero-order valence-electron chi connectivity index (χ0n) is 6.05. The first-order valence-corrected chi connectivity index (χ1v) is 3.25. The molecule has 0 amide bonds. The van der Waals surface area contributed by atoms with Crippen LogP contribution in [-0.2, 0) is 4.74 Å². The minimum absolute atomic E-state index is 0.554. The summed E-state index contributed by atoms with van der Waals surface area (Å²) in [6.07, 6.45) is 0. The zero-order valence-corrected chi connectivity index (χ0v) is 6.05. The van der Waals surface area contributed by atoms with Gasteiger partial charge in [0.15, 0.2) is 0 Å². The third kappa shape index (κ3) is 1.93. The monoisotopic (exact) mass is 130 g/mol. The van der Waals surface area contributed by atoms with Crippen molar-refractivity contribution in [1.82, 2.24) is 10.2 Å². The molecule has 0 aliphatic carbocycles. The smallest absolute Gasteiger partial charge is 0.0966 e. The topological polar surface area (TPSA) is 24.5 Å². The Hall–Kier alpha value is -0.120. The molecular weight excluding hydrogens is 116 g/mol. The van der Waals surface area contributed by atoms with Crippen LogP contribution < -0.4 is 5.32 Å². The summed E-state index contributed by atoms with van der Waals surface area (Å²) in [5.74, 6) is 0. The zero-order chi connectivity index (χ0) is 6.69. The molecular formula is C6H14N2O. The molecule has 1 saturated heterocycles. The van der Waals surface area contributed by atoms with Crippen molar-refractivity contribution in [3.8, 4) is 0 Å². The second kappa shape index (κ2) is 3.15. The molecule has 0 aromatic rings. The van der Waals surface area contributed by atoms with Crippen molar-refractivity contribution < 1.29 is 4.74 Å². The van der Waals surface area contributed by atoms with Gasteiger partial charge in [-0.15, -0.1) is 0 Å². The lowest BCUT2D eigenvalue weighted by atomic mass is 10.3. The average Bonchev–Trinajstić information content (AvgIpc) is 1.90. The maximum absolute atomic E-state index is 5.19. The lowest BCUT2D eigenvalue weighted by molar-refractivity contribution is 0.0295. The molecule has 0 spiro atoms. The Morgan fingerprint density at radius 3 is 2.67 bits per heavy atom. The van der Waals surface area contributed by atoms with Crippen LogP contribution in [0.4, 0.5) is 0 Å². The highest BCUT2D eigenvalue weighted by Gasteiger charge is 2.13. The van der Waals surface area contributed by atoms with Crippen molar-refractivity contribution in [3.05, 3.63) is 0 Å². The van der Waals surface area contributed by atoms with E-state index in [1.54, 1.807) is 0 Å². The van der Waals surface area contributed by atoms with Gasteiger partial charge in [-0.05, 0) is 14.1 Å². The Balaban J connectivity index is 2.23. The molecule has 3 heteroatoms. The first-order chi connectivity index (χ1) is 4.30. The number of likely N-dealkylation sites (N-methyl/N-ethyl adjacent to an activating group) is 1. The summed E-state index contributed by atoms with van der Waals surface area (Å²) < 4.78 is 5.19. The fourth-order valence-electron chi connectivity index (χ4n) is 0.883. The number of nitrogens with zero attached hydrogens (tertiary/aromatic N) is 1. The number of nitrogens with one attached hydrogen (secondary N) is 1. The van der Waals surface area contributed by atoms with Crippen molar-refractivity contribution in [2.24, 2.45) is 0 Å². The summed E-state index contributed by atoms with van der Waals surface area (Å²) in [6, 6.07) is 0.554. The van der Waals surface area contributed by atoms with Crippen LogP contribution in [0.1, 0.15) is 0 Å². The summed E-state index contributed by atoms with van der Waals surface area (Å²) >= 11 is 0. The van der Waals surface area contributed by atoms with Crippen LogP contribution >= 0.6 is 0 Å². The second-order valence-electron chi connectivity index (χ2n) is 2.59. The van der Waals surface area contributed by atoms with Crippen molar-refractivity contribution in [2.75, 3.05) is 34.0 Å². The molecule has 1 atom stereocenters. The molecule has 0 aromatic carbocycles. The van der Waals surface area contributed by atoms with Gasteiger partial charge in [0.2, 0.25) is 0 Å². The van der Waals surface area contributed by atoms with E-state index in [0.29, 0.717) is 12.8 Å². The highest BCUT2D eigenvalue weighted by atomic mass is 16.5. The van der Waals surface area contributed by atoms with Crippen LogP contribution in [0.5, 0.6) is 0 Å². The predicted octanol–water partition coefficient (Wildman–Crippen LogP) is -0.506. The Morgan fingerprint density at radius 2 is 2.33 bits per heavy atom. The van der Waals surface area contributed by atoms with Gasteiger partial charge in [-0.25, -0.2) is 0 Å². The highest BCUT2D eigenvalue weighted by Crippen LogP contribution is 1.96. The fourth-order valence-corrected chi connectivity index (χ4v) is 0.883. The van der Waals surface area contributed by atoms with E-state index in [1.807, 2.05) is 0 Å². The number of hydrogen-bond donors (Lipinski definition) is 1. The van der Waals surface area contributed by atoms with Crippen LogP contribution in [-0.4, -0.2) is 44.9 Å². The first kappa shape index (κ1) is 6.99. The summed E-state index contributed by atoms with van der Waals surface area (Å²) in [6.45, 7) is 2.62. The molecule has 9 heavy (non-hydrogen) atoms. The van der Waals surface area contributed by atoms with E-state index in [-0.39, 0.29) is 0 Å². The van der Waals surface area contributed by atoms with Crippen molar-refractivity contribution in [1.29, 1.82) is 0 Å². The quantitative estimate of drug-likeness (QED) is 0.517. The molecule has 0 saturated carbocycles. The summed E-state index contributed by atoms with van der Waals surface area (Å²) in [7, 11) is 4.14. The lowest BCUT2D eigenvalue weighted by Gasteiger charge is -2.28. The highest BCUT2D eigenvalue weighted by molar-refractivity contribution is 4.70. The van der Waals surface area contributed by atoms with Gasteiger partial charge in [-0.1, -0.05) is 0 Å².